The highest BCUT2D eigenvalue weighted by Gasteiger charge is 2.16. The molecule has 1 aromatic heterocycles. The molecule has 3 N–H and O–H groups in total. The lowest BCUT2D eigenvalue weighted by molar-refractivity contribution is 0.726. The van der Waals surface area contributed by atoms with Gasteiger partial charge in [-0.15, -0.1) is 0 Å². The summed E-state index contributed by atoms with van der Waals surface area (Å²) in [6.07, 6.45) is 5.13. The van der Waals surface area contributed by atoms with Crippen LogP contribution < -0.4 is 10.6 Å². The molecule has 0 bridgehead atoms. The van der Waals surface area contributed by atoms with Crippen LogP contribution in [0.4, 0.5) is 5.13 Å². The molecule has 88 valence electrons. The van der Waals surface area contributed by atoms with Gasteiger partial charge in [-0.3, -0.25) is 5.41 Å². The number of hydrogen-bond donors (Lipinski definition) is 2. The van der Waals surface area contributed by atoms with E-state index in [0.717, 1.165) is 28.8 Å². The van der Waals surface area contributed by atoms with E-state index >= 15 is 0 Å². The molecular weight excluding hydrogens is 220 g/mol. The summed E-state index contributed by atoms with van der Waals surface area (Å²) in [5, 5.41) is 8.51. The van der Waals surface area contributed by atoms with E-state index in [1.54, 1.807) is 11.3 Å². The van der Waals surface area contributed by atoms with Crippen LogP contribution in [0.2, 0.25) is 0 Å². The van der Waals surface area contributed by atoms with Crippen LogP contribution >= 0.6 is 11.3 Å². The van der Waals surface area contributed by atoms with Crippen molar-refractivity contribution in [2.75, 3.05) is 18.0 Å². The summed E-state index contributed by atoms with van der Waals surface area (Å²) >= 11 is 1.55. The Bertz CT molecular complexity index is 377. The third-order valence-electron chi connectivity index (χ3n) is 2.91. The highest BCUT2D eigenvalue weighted by atomic mass is 32.1. The molecule has 0 unspecified atom stereocenters. The molecule has 4 nitrogen and oxygen atoms in total. The van der Waals surface area contributed by atoms with Gasteiger partial charge < -0.3 is 10.6 Å². The van der Waals surface area contributed by atoms with Crippen molar-refractivity contribution in [2.24, 2.45) is 5.73 Å². The number of amidine groups is 1. The Morgan fingerprint density at radius 2 is 1.94 bits per heavy atom. The number of aryl methyl sites for hydroxylation is 1. The maximum Gasteiger partial charge on any atom is 0.186 e. The molecule has 1 aromatic rings. The van der Waals surface area contributed by atoms with Crippen LogP contribution in [-0.4, -0.2) is 23.9 Å². The molecule has 1 aliphatic heterocycles. The van der Waals surface area contributed by atoms with Crippen LogP contribution in [0.3, 0.4) is 0 Å². The molecule has 0 aliphatic carbocycles. The molecule has 1 saturated heterocycles. The van der Waals surface area contributed by atoms with Crippen molar-refractivity contribution in [3.8, 4) is 0 Å². The fourth-order valence-electron chi connectivity index (χ4n) is 2.03. The van der Waals surface area contributed by atoms with Crippen LogP contribution in [0.25, 0.3) is 0 Å². The van der Waals surface area contributed by atoms with Crippen molar-refractivity contribution in [1.82, 2.24) is 4.98 Å². The number of hydrogen-bond acceptors (Lipinski definition) is 4. The fourth-order valence-corrected chi connectivity index (χ4v) is 3.01. The molecule has 0 saturated carbocycles. The Morgan fingerprint density at radius 1 is 1.31 bits per heavy atom. The van der Waals surface area contributed by atoms with Crippen molar-refractivity contribution in [2.45, 2.75) is 32.6 Å². The second kappa shape index (κ2) is 4.82. The van der Waals surface area contributed by atoms with Gasteiger partial charge in [0.05, 0.1) is 10.6 Å². The second-order valence-corrected chi connectivity index (χ2v) is 5.20. The summed E-state index contributed by atoms with van der Waals surface area (Å²) in [6, 6.07) is 0. The standard InChI is InChI=1S/C11H18N4S/c1-8-9(10(12)13)16-11(14-8)15-6-4-2-3-5-7-15/h2-7H2,1H3,(H3,12,13). The number of rotatable bonds is 2. The van der Waals surface area contributed by atoms with Gasteiger partial charge in [-0.25, -0.2) is 4.98 Å². The van der Waals surface area contributed by atoms with Crippen molar-refractivity contribution in [1.29, 1.82) is 5.41 Å². The third kappa shape index (κ3) is 2.35. The van der Waals surface area contributed by atoms with Crippen molar-refractivity contribution < 1.29 is 0 Å². The summed E-state index contributed by atoms with van der Waals surface area (Å²) < 4.78 is 0. The smallest absolute Gasteiger partial charge is 0.186 e. The van der Waals surface area contributed by atoms with Gasteiger partial charge in [0.25, 0.3) is 0 Å². The Hall–Kier alpha value is -1.10. The molecule has 5 heteroatoms. The first kappa shape index (κ1) is 11.4. The van der Waals surface area contributed by atoms with Gasteiger partial charge in [-0.05, 0) is 19.8 Å². The Balaban J connectivity index is 2.19. The molecule has 0 radical (unpaired) electrons. The lowest BCUT2D eigenvalue weighted by atomic mass is 10.2. The van der Waals surface area contributed by atoms with Crippen molar-refractivity contribution >= 4 is 22.3 Å². The van der Waals surface area contributed by atoms with Gasteiger partial charge in [0.2, 0.25) is 0 Å². The lowest BCUT2D eigenvalue weighted by Crippen LogP contribution is -2.23. The molecule has 2 heterocycles. The highest BCUT2D eigenvalue weighted by molar-refractivity contribution is 7.17. The number of nitrogens with zero attached hydrogens (tertiary/aromatic N) is 2. The van der Waals surface area contributed by atoms with E-state index in [0.29, 0.717) is 0 Å². The summed E-state index contributed by atoms with van der Waals surface area (Å²) in [5.74, 6) is 0.135. The minimum Gasteiger partial charge on any atom is -0.383 e. The van der Waals surface area contributed by atoms with Crippen molar-refractivity contribution in [3.05, 3.63) is 10.6 Å². The van der Waals surface area contributed by atoms with Crippen LogP contribution in [0, 0.1) is 12.3 Å². The normalized spacial score (nSPS) is 17.2. The van der Waals surface area contributed by atoms with E-state index < -0.39 is 0 Å². The molecule has 0 aromatic carbocycles. The maximum absolute atomic E-state index is 7.48. The van der Waals surface area contributed by atoms with Gasteiger partial charge in [0.15, 0.2) is 5.13 Å². The fraction of sp³-hybridized carbons (Fsp3) is 0.636. The first-order valence-corrected chi connectivity index (χ1v) is 6.57. The predicted molar refractivity (Wildman–Crippen MR) is 68.5 cm³/mol. The zero-order valence-corrected chi connectivity index (χ0v) is 10.4. The predicted octanol–water partition coefficient (Wildman–Crippen LogP) is 2.12. The minimum absolute atomic E-state index is 0.135. The van der Waals surface area contributed by atoms with E-state index in [1.807, 2.05) is 6.92 Å². The third-order valence-corrected chi connectivity index (χ3v) is 4.16. The quantitative estimate of drug-likeness (QED) is 0.612. The monoisotopic (exact) mass is 238 g/mol. The summed E-state index contributed by atoms with van der Waals surface area (Å²) in [5.41, 5.74) is 6.41. The molecule has 2 rings (SSSR count). The van der Waals surface area contributed by atoms with Crippen LogP contribution in [0.15, 0.2) is 0 Å². The first-order chi connectivity index (χ1) is 7.68. The number of nitrogens with one attached hydrogen (secondary N) is 1. The van der Waals surface area contributed by atoms with E-state index in [4.69, 9.17) is 11.1 Å². The van der Waals surface area contributed by atoms with Crippen LogP contribution in [-0.2, 0) is 0 Å². The average Bonchev–Trinajstić information content (AvgIpc) is 2.50. The zero-order chi connectivity index (χ0) is 11.5. The lowest BCUT2D eigenvalue weighted by Gasteiger charge is -2.18. The number of aromatic nitrogens is 1. The Kier molecular flexibility index (Phi) is 3.43. The van der Waals surface area contributed by atoms with E-state index in [-0.39, 0.29) is 5.84 Å². The molecular formula is C11H18N4S. The molecule has 0 amide bonds. The maximum atomic E-state index is 7.48. The SMILES string of the molecule is Cc1nc(N2CCCCCC2)sc1C(=N)N. The molecule has 16 heavy (non-hydrogen) atoms. The Labute approximate surface area is 100.0 Å². The largest absolute Gasteiger partial charge is 0.383 e. The average molecular weight is 238 g/mol. The van der Waals surface area contributed by atoms with Crippen LogP contribution in [0.1, 0.15) is 36.3 Å². The summed E-state index contributed by atoms with van der Waals surface area (Å²) in [6.45, 7) is 4.10. The van der Waals surface area contributed by atoms with Gasteiger partial charge >= 0.3 is 0 Å². The minimum atomic E-state index is 0.135. The van der Waals surface area contributed by atoms with E-state index in [9.17, 15) is 0 Å². The van der Waals surface area contributed by atoms with Gasteiger partial charge in [-0.2, -0.15) is 0 Å². The zero-order valence-electron chi connectivity index (χ0n) is 9.62. The van der Waals surface area contributed by atoms with Gasteiger partial charge in [-0.1, -0.05) is 24.2 Å². The first-order valence-electron chi connectivity index (χ1n) is 5.75. The van der Waals surface area contributed by atoms with Gasteiger partial charge in [0, 0.05) is 13.1 Å². The molecule has 1 fully saturated rings. The number of nitrogens with two attached hydrogens (primary N) is 1. The molecule has 0 atom stereocenters. The summed E-state index contributed by atoms with van der Waals surface area (Å²) in [4.78, 5) is 7.67. The molecule has 1 aliphatic rings. The van der Waals surface area contributed by atoms with E-state index in [2.05, 4.69) is 9.88 Å². The number of anilines is 1. The second-order valence-electron chi connectivity index (χ2n) is 4.23. The van der Waals surface area contributed by atoms with E-state index in [1.165, 1.54) is 25.7 Å². The summed E-state index contributed by atoms with van der Waals surface area (Å²) in [7, 11) is 0. The number of thiazole rings is 1. The van der Waals surface area contributed by atoms with Crippen molar-refractivity contribution in [3.63, 3.8) is 0 Å². The Morgan fingerprint density at radius 3 is 2.44 bits per heavy atom. The molecule has 0 spiro atoms. The topological polar surface area (TPSA) is 66.0 Å². The van der Waals surface area contributed by atoms with Gasteiger partial charge in [0.1, 0.15) is 5.84 Å². The highest BCUT2D eigenvalue weighted by Crippen LogP contribution is 2.27. The number of nitrogen functional groups attached to an aromatic ring is 1. The van der Waals surface area contributed by atoms with Crippen LogP contribution in [0.5, 0.6) is 0 Å².